The minimum atomic E-state index is -1.72. The summed E-state index contributed by atoms with van der Waals surface area (Å²) in [7, 11) is 0. The number of hydrogen-bond donors (Lipinski definition) is 0. The van der Waals surface area contributed by atoms with Gasteiger partial charge >= 0.3 is 18.2 Å². The first-order valence-corrected chi connectivity index (χ1v) is 8.17. The molecule has 0 aromatic rings. The lowest BCUT2D eigenvalue weighted by atomic mass is 10.1. The Balaban J connectivity index is 3.29. The van der Waals surface area contributed by atoms with Gasteiger partial charge in [-0.2, -0.15) is 4.90 Å². The summed E-state index contributed by atoms with van der Waals surface area (Å²) in [6.07, 6.45) is -1.61. The van der Waals surface area contributed by atoms with E-state index in [1.165, 1.54) is 0 Å². The molecule has 1 saturated carbocycles. The molecular formula is C17H27NO7. The smallest absolute Gasteiger partial charge is 0.420 e. The zero-order valence-electron chi connectivity index (χ0n) is 15.9. The third-order valence-corrected chi connectivity index (χ3v) is 3.33. The Hall–Kier alpha value is -2.12. The van der Waals surface area contributed by atoms with Gasteiger partial charge in [0.1, 0.15) is 17.5 Å². The highest BCUT2D eigenvalue weighted by molar-refractivity contribution is 6.01. The van der Waals surface area contributed by atoms with E-state index >= 15 is 0 Å². The molecule has 0 aromatic heterocycles. The molecule has 142 valence electrons. The molecule has 0 saturated heterocycles. The van der Waals surface area contributed by atoms with Gasteiger partial charge in [0.25, 0.3) is 0 Å². The van der Waals surface area contributed by atoms with E-state index in [1.54, 1.807) is 48.5 Å². The van der Waals surface area contributed by atoms with Crippen LogP contribution in [0.2, 0.25) is 0 Å². The van der Waals surface area contributed by atoms with Crippen LogP contribution in [0.4, 0.5) is 9.59 Å². The minimum Gasteiger partial charge on any atom is -0.464 e. The van der Waals surface area contributed by atoms with Crippen molar-refractivity contribution in [2.75, 3.05) is 6.61 Å². The van der Waals surface area contributed by atoms with Crippen molar-refractivity contribution in [3.8, 4) is 0 Å². The maximum absolute atomic E-state index is 12.6. The van der Waals surface area contributed by atoms with Crippen LogP contribution in [0.5, 0.6) is 0 Å². The van der Waals surface area contributed by atoms with E-state index < -0.39 is 40.8 Å². The Labute approximate surface area is 147 Å². The highest BCUT2D eigenvalue weighted by Gasteiger charge is 2.70. The fourth-order valence-corrected chi connectivity index (χ4v) is 2.29. The van der Waals surface area contributed by atoms with E-state index in [9.17, 15) is 19.2 Å². The van der Waals surface area contributed by atoms with Crippen molar-refractivity contribution < 1.29 is 33.4 Å². The predicted molar refractivity (Wildman–Crippen MR) is 87.8 cm³/mol. The maximum Gasteiger partial charge on any atom is 0.420 e. The molecule has 1 fully saturated rings. The third-order valence-electron chi connectivity index (χ3n) is 3.33. The highest BCUT2D eigenvalue weighted by atomic mass is 16.6. The molecule has 8 heteroatoms. The average molecular weight is 357 g/mol. The summed E-state index contributed by atoms with van der Waals surface area (Å²) in [5.74, 6) is -1.68. The Kier molecular flexibility index (Phi) is 5.87. The van der Waals surface area contributed by atoms with E-state index in [0.717, 1.165) is 0 Å². The molecule has 1 aliphatic rings. The second-order valence-corrected chi connectivity index (χ2v) is 7.89. The van der Waals surface area contributed by atoms with Crippen LogP contribution in [0.3, 0.4) is 0 Å². The summed E-state index contributed by atoms with van der Waals surface area (Å²) in [5, 5.41) is 0. The molecule has 0 radical (unpaired) electrons. The van der Waals surface area contributed by atoms with Gasteiger partial charge in [0.2, 0.25) is 0 Å². The molecule has 0 aliphatic heterocycles. The van der Waals surface area contributed by atoms with E-state index in [-0.39, 0.29) is 13.0 Å². The van der Waals surface area contributed by atoms with Crippen LogP contribution < -0.4 is 0 Å². The lowest BCUT2D eigenvalue weighted by molar-refractivity contribution is -0.152. The third kappa shape index (κ3) is 4.93. The molecule has 2 atom stereocenters. The first-order valence-electron chi connectivity index (χ1n) is 8.17. The SMILES string of the molecule is CCOC(=O)[C@@]1(N(C(=O)OC(C)(C)C)C(=O)OC(C)(C)C)CC1C=O. The molecule has 1 unspecified atom stereocenters. The van der Waals surface area contributed by atoms with Crippen LogP contribution in [0.1, 0.15) is 54.9 Å². The molecule has 0 aromatic carbocycles. The summed E-state index contributed by atoms with van der Waals surface area (Å²) < 4.78 is 15.5. The molecule has 0 heterocycles. The average Bonchev–Trinajstić information content (AvgIpc) is 3.10. The van der Waals surface area contributed by atoms with Gasteiger partial charge in [0.05, 0.1) is 12.5 Å². The second kappa shape index (κ2) is 7.01. The second-order valence-electron chi connectivity index (χ2n) is 7.89. The molecule has 1 aliphatic carbocycles. The van der Waals surface area contributed by atoms with Crippen LogP contribution in [0.15, 0.2) is 0 Å². The summed E-state index contributed by atoms with van der Waals surface area (Å²) in [6, 6.07) is 0. The fraction of sp³-hybridized carbons (Fsp3) is 0.765. The van der Waals surface area contributed by atoms with E-state index in [2.05, 4.69) is 0 Å². The van der Waals surface area contributed by atoms with Crippen molar-refractivity contribution in [2.45, 2.75) is 71.6 Å². The summed E-state index contributed by atoms with van der Waals surface area (Å²) in [4.78, 5) is 49.5. The molecule has 0 N–H and O–H groups in total. The van der Waals surface area contributed by atoms with Crippen molar-refractivity contribution in [3.63, 3.8) is 0 Å². The van der Waals surface area contributed by atoms with Gasteiger partial charge in [-0.05, 0) is 54.9 Å². The topological polar surface area (TPSA) is 99.2 Å². The van der Waals surface area contributed by atoms with Crippen molar-refractivity contribution in [1.29, 1.82) is 0 Å². The number of imide groups is 1. The van der Waals surface area contributed by atoms with Gasteiger partial charge in [0, 0.05) is 0 Å². The van der Waals surface area contributed by atoms with Gasteiger partial charge in [-0.15, -0.1) is 0 Å². The van der Waals surface area contributed by atoms with Gasteiger partial charge in [-0.1, -0.05) is 0 Å². The van der Waals surface area contributed by atoms with Crippen LogP contribution >= 0.6 is 0 Å². The largest absolute Gasteiger partial charge is 0.464 e. The predicted octanol–water partition coefficient (Wildman–Crippen LogP) is 2.68. The van der Waals surface area contributed by atoms with E-state index in [1.807, 2.05) is 0 Å². The standard InChI is InChI=1S/C17H27NO7/c1-8-23-12(20)17(9-11(17)10-19)18(13(21)24-15(2,3)4)14(22)25-16(5,6)7/h10-11H,8-9H2,1-7H3/t11?,17-/m1/s1. The minimum absolute atomic E-state index is 0.0200. The van der Waals surface area contributed by atoms with Crippen LogP contribution in [0, 0.1) is 5.92 Å². The fourth-order valence-electron chi connectivity index (χ4n) is 2.29. The Morgan fingerprint density at radius 1 is 1.04 bits per heavy atom. The summed E-state index contributed by atoms with van der Waals surface area (Å²) >= 11 is 0. The number of amides is 2. The number of esters is 1. The number of nitrogens with zero attached hydrogens (tertiary/aromatic N) is 1. The Morgan fingerprint density at radius 3 is 1.76 bits per heavy atom. The zero-order chi connectivity index (χ0) is 19.6. The number of rotatable bonds is 4. The lowest BCUT2D eigenvalue weighted by Crippen LogP contribution is -2.55. The van der Waals surface area contributed by atoms with Crippen molar-refractivity contribution >= 4 is 24.4 Å². The normalized spacial score (nSPS) is 22.6. The number of ether oxygens (including phenoxy) is 3. The van der Waals surface area contributed by atoms with E-state index in [4.69, 9.17) is 14.2 Å². The van der Waals surface area contributed by atoms with Crippen molar-refractivity contribution in [2.24, 2.45) is 5.92 Å². The van der Waals surface area contributed by atoms with Gasteiger partial charge < -0.3 is 19.0 Å². The number of aldehydes is 1. The molecule has 2 amide bonds. The van der Waals surface area contributed by atoms with Gasteiger partial charge in [-0.3, -0.25) is 0 Å². The first kappa shape index (κ1) is 20.9. The monoisotopic (exact) mass is 357 g/mol. The molecular weight excluding hydrogens is 330 g/mol. The molecule has 1 rings (SSSR count). The van der Waals surface area contributed by atoms with Crippen molar-refractivity contribution in [3.05, 3.63) is 0 Å². The highest BCUT2D eigenvalue weighted by Crippen LogP contribution is 2.49. The number of carbonyl (C=O) groups excluding carboxylic acids is 4. The quantitative estimate of drug-likeness (QED) is 0.433. The van der Waals surface area contributed by atoms with E-state index in [0.29, 0.717) is 11.2 Å². The Morgan fingerprint density at radius 2 is 1.48 bits per heavy atom. The maximum atomic E-state index is 12.6. The molecule has 25 heavy (non-hydrogen) atoms. The molecule has 0 bridgehead atoms. The first-order chi connectivity index (χ1) is 11.3. The van der Waals surface area contributed by atoms with Gasteiger partial charge in [-0.25, -0.2) is 14.4 Å². The molecule has 0 spiro atoms. The number of carbonyl (C=O) groups is 4. The van der Waals surface area contributed by atoms with Crippen LogP contribution in [0.25, 0.3) is 0 Å². The summed E-state index contributed by atoms with van der Waals surface area (Å²) in [6.45, 7) is 11.4. The summed E-state index contributed by atoms with van der Waals surface area (Å²) in [5.41, 5.74) is -3.53. The zero-order valence-corrected chi connectivity index (χ0v) is 15.9. The molecule has 8 nitrogen and oxygen atoms in total. The number of hydrogen-bond acceptors (Lipinski definition) is 7. The van der Waals surface area contributed by atoms with Crippen LogP contribution in [-0.2, 0) is 23.8 Å². The van der Waals surface area contributed by atoms with Gasteiger partial charge in [0.15, 0.2) is 5.54 Å². The Bertz CT molecular complexity index is 530. The lowest BCUT2D eigenvalue weighted by Gasteiger charge is -2.32. The van der Waals surface area contributed by atoms with Crippen LogP contribution in [-0.4, -0.2) is 52.7 Å². The van der Waals surface area contributed by atoms with Crippen molar-refractivity contribution in [1.82, 2.24) is 4.90 Å².